The fourth-order valence-electron chi connectivity index (χ4n) is 3.65. The molecule has 1 saturated heterocycles. The van der Waals surface area contributed by atoms with Crippen molar-refractivity contribution in [3.63, 3.8) is 0 Å². The molecule has 0 atom stereocenters. The second-order valence-corrected chi connectivity index (χ2v) is 7.88. The summed E-state index contributed by atoms with van der Waals surface area (Å²) in [5.74, 6) is 0.394. The highest BCUT2D eigenvalue weighted by Crippen LogP contribution is 2.19. The molecular formula is C23H30N4O5. The van der Waals surface area contributed by atoms with Crippen LogP contribution in [0.2, 0.25) is 0 Å². The minimum absolute atomic E-state index is 0.0294. The highest BCUT2D eigenvalue weighted by Gasteiger charge is 2.28. The van der Waals surface area contributed by atoms with E-state index in [9.17, 15) is 14.4 Å². The summed E-state index contributed by atoms with van der Waals surface area (Å²) in [6, 6.07) is 9.51. The number of benzene rings is 1. The minimum atomic E-state index is -0.191. The van der Waals surface area contributed by atoms with Gasteiger partial charge in [0.25, 0.3) is 0 Å². The number of hydrogen-bond donors (Lipinski definition) is 0. The van der Waals surface area contributed by atoms with Gasteiger partial charge in [0.05, 0.1) is 19.1 Å². The van der Waals surface area contributed by atoms with E-state index in [4.69, 9.17) is 9.15 Å². The Labute approximate surface area is 187 Å². The number of aromatic nitrogens is 2. The van der Waals surface area contributed by atoms with Crippen LogP contribution in [-0.2, 0) is 25.5 Å². The van der Waals surface area contributed by atoms with Gasteiger partial charge < -0.3 is 19.0 Å². The number of likely N-dealkylation sites (tertiary alicyclic amines) is 1. The number of carbonyl (C=O) groups excluding carboxylic acids is 3. The molecule has 1 fully saturated rings. The first kappa shape index (κ1) is 23.4. The molecule has 0 bridgehead atoms. The topological polar surface area (TPSA) is 106 Å². The molecule has 0 unspecified atom stereocenters. The normalized spacial score (nSPS) is 14.2. The van der Waals surface area contributed by atoms with E-state index in [1.165, 1.54) is 4.90 Å². The highest BCUT2D eigenvalue weighted by atomic mass is 16.5. The lowest BCUT2D eigenvalue weighted by Crippen LogP contribution is -2.45. The fourth-order valence-corrected chi connectivity index (χ4v) is 3.65. The zero-order chi connectivity index (χ0) is 22.9. The van der Waals surface area contributed by atoms with Gasteiger partial charge >= 0.3 is 5.97 Å². The van der Waals surface area contributed by atoms with Gasteiger partial charge in [-0.15, -0.1) is 10.2 Å². The molecule has 32 heavy (non-hydrogen) atoms. The third-order valence-corrected chi connectivity index (χ3v) is 5.53. The van der Waals surface area contributed by atoms with E-state index in [2.05, 4.69) is 10.2 Å². The van der Waals surface area contributed by atoms with Crippen LogP contribution in [0, 0.1) is 5.92 Å². The van der Waals surface area contributed by atoms with Crippen molar-refractivity contribution < 1.29 is 23.5 Å². The highest BCUT2D eigenvalue weighted by molar-refractivity contribution is 5.85. The first-order valence-electron chi connectivity index (χ1n) is 11.0. The summed E-state index contributed by atoms with van der Waals surface area (Å²) >= 11 is 0. The van der Waals surface area contributed by atoms with Crippen LogP contribution in [0.15, 0.2) is 34.7 Å². The van der Waals surface area contributed by atoms with Crippen molar-refractivity contribution in [2.75, 3.05) is 33.3 Å². The lowest BCUT2D eigenvalue weighted by molar-refractivity contribution is -0.151. The van der Waals surface area contributed by atoms with E-state index < -0.39 is 0 Å². The van der Waals surface area contributed by atoms with E-state index in [-0.39, 0.29) is 36.7 Å². The van der Waals surface area contributed by atoms with E-state index in [1.54, 1.807) is 18.9 Å². The summed E-state index contributed by atoms with van der Waals surface area (Å²) in [5.41, 5.74) is 0.854. The van der Waals surface area contributed by atoms with Gasteiger partial charge in [-0.25, -0.2) is 0 Å². The van der Waals surface area contributed by atoms with Gasteiger partial charge in [-0.3, -0.25) is 14.4 Å². The van der Waals surface area contributed by atoms with Gasteiger partial charge in [0.1, 0.15) is 0 Å². The maximum Gasteiger partial charge on any atom is 0.309 e. The summed E-state index contributed by atoms with van der Waals surface area (Å²) < 4.78 is 10.7. The van der Waals surface area contributed by atoms with Gasteiger partial charge in [0, 0.05) is 38.5 Å². The monoisotopic (exact) mass is 442 g/mol. The molecule has 1 aromatic carbocycles. The fraction of sp³-hybridized carbons (Fsp3) is 0.522. The van der Waals surface area contributed by atoms with Gasteiger partial charge in [-0.05, 0) is 38.3 Å². The van der Waals surface area contributed by atoms with E-state index in [1.807, 2.05) is 30.3 Å². The Morgan fingerprint density at radius 3 is 2.56 bits per heavy atom. The van der Waals surface area contributed by atoms with Crippen molar-refractivity contribution in [3.8, 4) is 11.5 Å². The second kappa shape index (κ2) is 11.4. The molecule has 0 spiro atoms. The number of amides is 2. The molecule has 0 aliphatic carbocycles. The average molecular weight is 443 g/mol. The molecule has 172 valence electrons. The van der Waals surface area contributed by atoms with E-state index in [0.29, 0.717) is 57.2 Å². The first-order chi connectivity index (χ1) is 15.5. The van der Waals surface area contributed by atoms with Crippen molar-refractivity contribution in [2.45, 2.75) is 39.0 Å². The molecule has 0 N–H and O–H groups in total. The first-order valence-corrected chi connectivity index (χ1v) is 11.0. The largest absolute Gasteiger partial charge is 0.466 e. The summed E-state index contributed by atoms with van der Waals surface area (Å²) in [4.78, 5) is 39.9. The second-order valence-electron chi connectivity index (χ2n) is 7.88. The van der Waals surface area contributed by atoms with Crippen molar-refractivity contribution in [3.05, 3.63) is 36.2 Å². The maximum absolute atomic E-state index is 12.5. The zero-order valence-electron chi connectivity index (χ0n) is 18.7. The quantitative estimate of drug-likeness (QED) is 0.549. The average Bonchev–Trinajstić information content (AvgIpc) is 3.28. The van der Waals surface area contributed by atoms with Crippen LogP contribution in [0.25, 0.3) is 11.5 Å². The Balaban J connectivity index is 1.37. The number of hydrogen-bond acceptors (Lipinski definition) is 7. The van der Waals surface area contributed by atoms with Crippen molar-refractivity contribution in [1.29, 1.82) is 0 Å². The number of rotatable bonds is 9. The number of carbonyl (C=O) groups is 3. The Hall–Kier alpha value is -3.23. The Kier molecular flexibility index (Phi) is 8.35. The van der Waals surface area contributed by atoms with Gasteiger partial charge in [-0.2, -0.15) is 0 Å². The maximum atomic E-state index is 12.5. The molecule has 2 amide bonds. The van der Waals surface area contributed by atoms with E-state index in [0.717, 1.165) is 5.56 Å². The van der Waals surface area contributed by atoms with Gasteiger partial charge in [0.2, 0.25) is 23.6 Å². The zero-order valence-corrected chi connectivity index (χ0v) is 18.7. The number of aryl methyl sites for hydroxylation is 1. The molecule has 2 aromatic rings. The van der Waals surface area contributed by atoms with E-state index >= 15 is 0 Å². The Morgan fingerprint density at radius 1 is 1.16 bits per heavy atom. The third kappa shape index (κ3) is 6.38. The molecule has 0 radical (unpaired) electrons. The summed E-state index contributed by atoms with van der Waals surface area (Å²) in [6.45, 7) is 3.19. The molecule has 1 aliphatic rings. The van der Waals surface area contributed by atoms with Crippen LogP contribution < -0.4 is 0 Å². The minimum Gasteiger partial charge on any atom is -0.466 e. The lowest BCUT2D eigenvalue weighted by atomic mass is 9.97. The lowest BCUT2D eigenvalue weighted by Gasteiger charge is -2.32. The molecule has 2 heterocycles. The van der Waals surface area contributed by atoms with Gasteiger partial charge in [0.15, 0.2) is 0 Å². The Bertz CT molecular complexity index is 906. The predicted molar refractivity (Wildman–Crippen MR) is 116 cm³/mol. The SMILES string of the molecule is CCOC(=O)C1CCN(C(=O)CN(C)C(=O)CCCc2nnc(-c3ccccc3)o2)CC1. The number of ether oxygens (including phenoxy) is 1. The van der Waals surface area contributed by atoms with Crippen LogP contribution in [0.1, 0.15) is 38.5 Å². The molecular weight excluding hydrogens is 412 g/mol. The van der Waals surface area contributed by atoms with Crippen LogP contribution in [0.4, 0.5) is 0 Å². The molecule has 1 aliphatic heterocycles. The smallest absolute Gasteiger partial charge is 0.309 e. The third-order valence-electron chi connectivity index (χ3n) is 5.53. The number of likely N-dealkylation sites (N-methyl/N-ethyl adjacent to an activating group) is 1. The predicted octanol–water partition coefficient (Wildman–Crippen LogP) is 2.32. The van der Waals surface area contributed by atoms with Crippen LogP contribution >= 0.6 is 0 Å². The molecule has 3 rings (SSSR count). The molecule has 1 aromatic heterocycles. The van der Waals surface area contributed by atoms with Crippen LogP contribution in [-0.4, -0.2) is 71.1 Å². The number of piperidine rings is 1. The number of esters is 1. The van der Waals surface area contributed by atoms with Gasteiger partial charge in [-0.1, -0.05) is 18.2 Å². The summed E-state index contributed by atoms with van der Waals surface area (Å²) in [5, 5.41) is 8.08. The molecule has 9 nitrogen and oxygen atoms in total. The van der Waals surface area contributed by atoms with Crippen molar-refractivity contribution in [1.82, 2.24) is 20.0 Å². The van der Waals surface area contributed by atoms with Crippen LogP contribution in [0.5, 0.6) is 0 Å². The standard InChI is InChI=1S/C23H30N4O5/c1-3-31-23(30)18-12-14-27(15-13-18)21(29)16-26(2)20(28)11-7-10-19-24-25-22(32-19)17-8-5-4-6-9-17/h4-6,8-9,18H,3,7,10-16H2,1-2H3. The summed E-state index contributed by atoms with van der Waals surface area (Å²) in [6.07, 6.45) is 2.53. The van der Waals surface area contributed by atoms with Crippen LogP contribution in [0.3, 0.4) is 0 Å². The van der Waals surface area contributed by atoms with Crippen molar-refractivity contribution in [2.24, 2.45) is 5.92 Å². The van der Waals surface area contributed by atoms with Crippen molar-refractivity contribution >= 4 is 17.8 Å². The summed E-state index contributed by atoms with van der Waals surface area (Å²) in [7, 11) is 1.63. The molecule has 9 heteroatoms. The Morgan fingerprint density at radius 2 is 1.88 bits per heavy atom. The number of nitrogens with zero attached hydrogens (tertiary/aromatic N) is 4. The molecule has 0 saturated carbocycles.